The molecule has 0 unspecified atom stereocenters. The number of aliphatic imine (C=N–C) groups is 1. The van der Waals surface area contributed by atoms with E-state index in [1.54, 1.807) is 12.7 Å². The van der Waals surface area contributed by atoms with E-state index in [1.807, 2.05) is 29.1 Å². The summed E-state index contributed by atoms with van der Waals surface area (Å²) in [6.07, 6.45) is 5.96. The molecule has 168 valence electrons. The van der Waals surface area contributed by atoms with Crippen molar-refractivity contribution in [3.8, 4) is 11.1 Å². The molecule has 0 saturated heterocycles. The fourth-order valence-corrected chi connectivity index (χ4v) is 3.59. The first-order chi connectivity index (χ1) is 16.3. The van der Waals surface area contributed by atoms with Crippen molar-refractivity contribution in [1.82, 2.24) is 30.4 Å². The van der Waals surface area contributed by atoms with Gasteiger partial charge in [0, 0.05) is 31.4 Å². The molecule has 2 aromatic heterocycles. The molecule has 0 radical (unpaired) electrons. The number of hydrogen-bond acceptors (Lipinski definition) is 4. The average molecular weight is 440 g/mol. The minimum Gasteiger partial charge on any atom is -0.357 e. The van der Waals surface area contributed by atoms with Gasteiger partial charge in [0.1, 0.15) is 12.7 Å². The van der Waals surface area contributed by atoms with E-state index in [4.69, 9.17) is 4.99 Å². The van der Waals surface area contributed by atoms with E-state index in [0.29, 0.717) is 13.1 Å². The maximum Gasteiger partial charge on any atom is 0.191 e. The van der Waals surface area contributed by atoms with Gasteiger partial charge in [-0.05, 0) is 41.3 Å². The normalized spacial score (nSPS) is 11.4. The average Bonchev–Trinajstić information content (AvgIpc) is 3.37. The van der Waals surface area contributed by atoms with E-state index in [2.05, 4.69) is 81.2 Å². The van der Waals surface area contributed by atoms with Crippen LogP contribution in [-0.4, -0.2) is 38.8 Å². The third-order valence-electron chi connectivity index (χ3n) is 5.24. The van der Waals surface area contributed by atoms with Gasteiger partial charge in [0.15, 0.2) is 5.96 Å². The quantitative estimate of drug-likeness (QED) is 0.307. The van der Waals surface area contributed by atoms with Gasteiger partial charge in [0.25, 0.3) is 0 Å². The smallest absolute Gasteiger partial charge is 0.191 e. The predicted molar refractivity (Wildman–Crippen MR) is 132 cm³/mol. The van der Waals surface area contributed by atoms with Gasteiger partial charge < -0.3 is 10.6 Å². The van der Waals surface area contributed by atoms with Crippen LogP contribution < -0.4 is 10.6 Å². The van der Waals surface area contributed by atoms with Gasteiger partial charge in [-0.15, -0.1) is 0 Å². The lowest BCUT2D eigenvalue weighted by molar-refractivity contribution is 0.685. The van der Waals surface area contributed by atoms with E-state index in [1.165, 1.54) is 22.3 Å². The van der Waals surface area contributed by atoms with E-state index in [0.717, 1.165) is 31.2 Å². The van der Waals surface area contributed by atoms with Crippen LogP contribution in [-0.2, 0) is 19.5 Å². The maximum atomic E-state index is 4.82. The molecular weight excluding hydrogens is 410 g/mol. The number of nitrogens with one attached hydrogen (secondary N) is 2. The number of nitrogens with zero attached hydrogens (tertiary/aromatic N) is 5. The first-order valence-corrected chi connectivity index (χ1v) is 11.2. The molecule has 0 amide bonds. The summed E-state index contributed by atoms with van der Waals surface area (Å²) in [5.41, 5.74) is 5.81. The molecule has 0 bridgehead atoms. The first kappa shape index (κ1) is 22.2. The monoisotopic (exact) mass is 439 g/mol. The highest BCUT2D eigenvalue weighted by Gasteiger charge is 2.06. The first-order valence-electron chi connectivity index (χ1n) is 11.2. The van der Waals surface area contributed by atoms with E-state index in [9.17, 15) is 0 Å². The maximum absolute atomic E-state index is 4.82. The SMILES string of the molecule is CCNC(=NCc1ccccc1-c1ccc(Cn2cncn2)cc1)NCCc1ccccn1. The van der Waals surface area contributed by atoms with Gasteiger partial charge in [-0.2, -0.15) is 5.10 Å². The Morgan fingerprint density at radius 3 is 2.58 bits per heavy atom. The molecule has 33 heavy (non-hydrogen) atoms. The Kier molecular flexibility index (Phi) is 7.79. The second kappa shape index (κ2) is 11.6. The molecule has 2 heterocycles. The Labute approximate surface area is 194 Å². The molecule has 4 aromatic rings. The summed E-state index contributed by atoms with van der Waals surface area (Å²) in [7, 11) is 0. The number of aromatic nitrogens is 4. The van der Waals surface area contributed by atoms with E-state index in [-0.39, 0.29) is 0 Å². The fraction of sp³-hybridized carbons (Fsp3) is 0.231. The molecule has 0 aliphatic carbocycles. The molecule has 0 saturated carbocycles. The standard InChI is InChI=1S/C26H29N7/c1-2-28-26(30-16-14-24-8-5-6-15-29-24)31-17-23-7-3-4-9-25(23)22-12-10-21(11-13-22)18-33-20-27-19-32-33/h3-13,15,19-20H,2,14,16-18H2,1H3,(H2,28,30,31). The van der Waals surface area contributed by atoms with Gasteiger partial charge in [0.2, 0.25) is 0 Å². The highest BCUT2D eigenvalue weighted by molar-refractivity contribution is 5.80. The Hall–Kier alpha value is -4.00. The van der Waals surface area contributed by atoms with Crippen molar-refractivity contribution >= 4 is 5.96 Å². The van der Waals surface area contributed by atoms with E-state index >= 15 is 0 Å². The number of hydrogen-bond donors (Lipinski definition) is 2. The van der Waals surface area contributed by atoms with Crippen LogP contribution in [0.1, 0.15) is 23.7 Å². The topological polar surface area (TPSA) is 80.0 Å². The van der Waals surface area contributed by atoms with Crippen LogP contribution in [0, 0.1) is 0 Å². The van der Waals surface area contributed by atoms with Crippen molar-refractivity contribution < 1.29 is 0 Å². The summed E-state index contributed by atoms with van der Waals surface area (Å²) in [5, 5.41) is 10.9. The van der Waals surface area contributed by atoms with Crippen LogP contribution in [0.2, 0.25) is 0 Å². The number of benzene rings is 2. The van der Waals surface area contributed by atoms with Gasteiger partial charge in [0.05, 0.1) is 13.1 Å². The Morgan fingerprint density at radius 2 is 1.82 bits per heavy atom. The molecule has 0 aliphatic heterocycles. The van der Waals surface area contributed by atoms with Crippen LogP contribution in [0.4, 0.5) is 0 Å². The van der Waals surface area contributed by atoms with Crippen molar-refractivity contribution in [2.45, 2.75) is 26.4 Å². The van der Waals surface area contributed by atoms with Gasteiger partial charge in [-0.25, -0.2) is 14.7 Å². The Balaban J connectivity index is 1.42. The zero-order valence-electron chi connectivity index (χ0n) is 18.9. The highest BCUT2D eigenvalue weighted by atomic mass is 15.3. The van der Waals surface area contributed by atoms with Crippen LogP contribution in [0.25, 0.3) is 11.1 Å². The third-order valence-corrected chi connectivity index (χ3v) is 5.24. The number of pyridine rings is 1. The minimum atomic E-state index is 0.593. The molecule has 0 spiro atoms. The third kappa shape index (κ3) is 6.49. The Morgan fingerprint density at radius 1 is 0.970 bits per heavy atom. The van der Waals surface area contributed by atoms with Crippen LogP contribution in [0.3, 0.4) is 0 Å². The molecule has 2 N–H and O–H groups in total. The lowest BCUT2D eigenvalue weighted by atomic mass is 9.98. The van der Waals surface area contributed by atoms with E-state index < -0.39 is 0 Å². The lowest BCUT2D eigenvalue weighted by Crippen LogP contribution is -2.38. The fourth-order valence-electron chi connectivity index (χ4n) is 3.59. The molecule has 2 aromatic carbocycles. The molecule has 0 fully saturated rings. The van der Waals surface area contributed by atoms with Crippen molar-refractivity contribution in [3.05, 3.63) is 102 Å². The summed E-state index contributed by atoms with van der Waals surface area (Å²) < 4.78 is 1.82. The zero-order chi connectivity index (χ0) is 22.7. The largest absolute Gasteiger partial charge is 0.357 e. The van der Waals surface area contributed by atoms with Crippen LogP contribution in [0.15, 0.2) is 90.6 Å². The van der Waals surface area contributed by atoms with Crippen LogP contribution in [0.5, 0.6) is 0 Å². The minimum absolute atomic E-state index is 0.593. The summed E-state index contributed by atoms with van der Waals surface area (Å²) in [6, 6.07) is 23.0. The molecule has 4 rings (SSSR count). The van der Waals surface area contributed by atoms with Gasteiger partial charge in [-0.1, -0.05) is 54.6 Å². The van der Waals surface area contributed by atoms with Crippen molar-refractivity contribution in [2.75, 3.05) is 13.1 Å². The molecule has 7 nitrogen and oxygen atoms in total. The summed E-state index contributed by atoms with van der Waals surface area (Å²) in [5.74, 6) is 0.811. The van der Waals surface area contributed by atoms with Gasteiger partial charge >= 0.3 is 0 Å². The summed E-state index contributed by atoms with van der Waals surface area (Å²) in [4.78, 5) is 13.2. The van der Waals surface area contributed by atoms with Crippen molar-refractivity contribution in [2.24, 2.45) is 4.99 Å². The zero-order valence-corrected chi connectivity index (χ0v) is 18.9. The molecule has 0 atom stereocenters. The number of rotatable bonds is 9. The second-order valence-electron chi connectivity index (χ2n) is 7.64. The predicted octanol–water partition coefficient (Wildman–Crippen LogP) is 3.69. The second-order valence-corrected chi connectivity index (χ2v) is 7.64. The summed E-state index contributed by atoms with van der Waals surface area (Å²) in [6.45, 7) is 4.96. The number of guanidine groups is 1. The lowest BCUT2D eigenvalue weighted by Gasteiger charge is -2.13. The molecule has 7 heteroatoms. The molecule has 0 aliphatic rings. The molecular formula is C26H29N7. The Bertz CT molecular complexity index is 1140. The summed E-state index contributed by atoms with van der Waals surface area (Å²) >= 11 is 0. The highest BCUT2D eigenvalue weighted by Crippen LogP contribution is 2.25. The van der Waals surface area contributed by atoms with Crippen molar-refractivity contribution in [3.63, 3.8) is 0 Å². The van der Waals surface area contributed by atoms with Crippen LogP contribution >= 0.6 is 0 Å². The van der Waals surface area contributed by atoms with Crippen molar-refractivity contribution in [1.29, 1.82) is 0 Å². The van der Waals surface area contributed by atoms with Gasteiger partial charge in [-0.3, -0.25) is 4.98 Å².